The first-order valence-corrected chi connectivity index (χ1v) is 9.90. The van der Waals surface area contributed by atoms with Gasteiger partial charge in [-0.1, -0.05) is 36.4 Å². The lowest BCUT2D eigenvalue weighted by atomic mass is 9.79. The number of likely N-dealkylation sites (N-methyl/N-ethyl adjacent to an activating group) is 1. The molecule has 1 unspecified atom stereocenters. The molecule has 1 N–H and O–H groups in total. The molecule has 2 aliphatic heterocycles. The molecule has 28 heavy (non-hydrogen) atoms. The summed E-state index contributed by atoms with van der Waals surface area (Å²) in [6, 6.07) is 14.2. The number of hydrogen-bond acceptors (Lipinski definition) is 5. The topological polar surface area (TPSA) is 57.7 Å². The zero-order valence-corrected chi connectivity index (χ0v) is 16.6. The average molecular weight is 380 g/mol. The van der Waals surface area contributed by atoms with Crippen molar-refractivity contribution in [1.82, 2.24) is 15.2 Å². The summed E-state index contributed by atoms with van der Waals surface area (Å²) in [5, 5.41) is 3.13. The molecule has 4 rings (SSSR count). The number of nitrogens with zero attached hydrogens (tertiary/aromatic N) is 3. The summed E-state index contributed by atoms with van der Waals surface area (Å²) >= 11 is 0. The molecule has 0 radical (unpaired) electrons. The Morgan fingerprint density at radius 1 is 1.18 bits per heavy atom. The number of carbonyl (C=O) groups excluding carboxylic acids is 1. The molecular formula is C22H28N4O2. The number of hydrogen-bond donors (Lipinski definition) is 1. The van der Waals surface area contributed by atoms with Crippen molar-refractivity contribution >= 4 is 11.7 Å². The number of nitrogens with one attached hydrogen (secondary N) is 1. The minimum Gasteiger partial charge on any atom is -0.378 e. The predicted molar refractivity (Wildman–Crippen MR) is 109 cm³/mol. The van der Waals surface area contributed by atoms with Crippen LogP contribution in [0.4, 0.5) is 5.82 Å². The van der Waals surface area contributed by atoms with Crippen LogP contribution < -0.4 is 10.2 Å². The molecule has 6 nitrogen and oxygen atoms in total. The fourth-order valence-electron chi connectivity index (χ4n) is 4.17. The van der Waals surface area contributed by atoms with E-state index in [1.54, 1.807) is 0 Å². The molecule has 0 saturated carbocycles. The summed E-state index contributed by atoms with van der Waals surface area (Å²) in [6.07, 6.45) is 0. The maximum atomic E-state index is 13.3. The summed E-state index contributed by atoms with van der Waals surface area (Å²) in [6.45, 7) is 7.11. The number of morpholine rings is 1. The Bertz CT molecular complexity index is 836. The van der Waals surface area contributed by atoms with Gasteiger partial charge in [0.25, 0.3) is 0 Å². The van der Waals surface area contributed by atoms with E-state index in [0.29, 0.717) is 13.1 Å². The Morgan fingerprint density at radius 2 is 1.93 bits per heavy atom. The van der Waals surface area contributed by atoms with Gasteiger partial charge in [-0.25, -0.2) is 4.98 Å². The second-order valence-corrected chi connectivity index (χ2v) is 7.95. The number of amides is 1. The van der Waals surface area contributed by atoms with Gasteiger partial charge in [0.2, 0.25) is 5.91 Å². The van der Waals surface area contributed by atoms with Crippen molar-refractivity contribution in [3.63, 3.8) is 0 Å². The maximum absolute atomic E-state index is 13.3. The second kappa shape index (κ2) is 7.89. The van der Waals surface area contributed by atoms with Gasteiger partial charge in [-0.15, -0.1) is 0 Å². The van der Waals surface area contributed by atoms with E-state index in [2.05, 4.69) is 34.3 Å². The van der Waals surface area contributed by atoms with Crippen LogP contribution in [0.2, 0.25) is 0 Å². The minimum absolute atomic E-state index is 0.0239. The van der Waals surface area contributed by atoms with Gasteiger partial charge >= 0.3 is 0 Å². The van der Waals surface area contributed by atoms with E-state index in [0.717, 1.165) is 55.5 Å². The molecule has 1 aromatic carbocycles. The highest BCUT2D eigenvalue weighted by Crippen LogP contribution is 2.34. The lowest BCUT2D eigenvalue weighted by Crippen LogP contribution is -2.52. The van der Waals surface area contributed by atoms with Gasteiger partial charge < -0.3 is 19.9 Å². The molecule has 1 atom stereocenters. The summed E-state index contributed by atoms with van der Waals surface area (Å²) in [4.78, 5) is 22.7. The van der Waals surface area contributed by atoms with E-state index < -0.39 is 5.41 Å². The Labute approximate surface area is 166 Å². The molecule has 0 bridgehead atoms. The zero-order chi connectivity index (χ0) is 19.6. The quantitative estimate of drug-likeness (QED) is 0.879. The van der Waals surface area contributed by atoms with Gasteiger partial charge in [-0.2, -0.15) is 0 Å². The second-order valence-electron chi connectivity index (χ2n) is 7.95. The van der Waals surface area contributed by atoms with Crippen molar-refractivity contribution in [2.24, 2.45) is 0 Å². The number of ether oxygens (including phenoxy) is 1. The van der Waals surface area contributed by atoms with Crippen LogP contribution in [-0.2, 0) is 28.0 Å². The first-order chi connectivity index (χ1) is 13.6. The molecule has 1 saturated heterocycles. The van der Waals surface area contributed by atoms with E-state index >= 15 is 0 Å². The first kappa shape index (κ1) is 18.9. The van der Waals surface area contributed by atoms with Crippen molar-refractivity contribution < 1.29 is 9.53 Å². The van der Waals surface area contributed by atoms with E-state index in [1.807, 2.05) is 37.3 Å². The van der Waals surface area contributed by atoms with Crippen LogP contribution >= 0.6 is 0 Å². The Hall–Kier alpha value is -2.44. The SMILES string of the molecule is CN1Cc2ccc(N3CCOCC3)nc2C(C)(C(=O)NCc2ccccc2)C1. The van der Waals surface area contributed by atoms with Gasteiger partial charge in [0.1, 0.15) is 11.2 Å². The number of anilines is 1. The van der Waals surface area contributed by atoms with Gasteiger partial charge in [0.05, 0.1) is 18.9 Å². The first-order valence-electron chi connectivity index (χ1n) is 9.90. The molecule has 148 valence electrons. The summed E-state index contributed by atoms with van der Waals surface area (Å²) in [5.41, 5.74) is 2.45. The highest BCUT2D eigenvalue weighted by molar-refractivity contribution is 5.88. The van der Waals surface area contributed by atoms with Crippen molar-refractivity contribution in [2.75, 3.05) is 44.8 Å². The number of fused-ring (bicyclic) bond motifs is 1. The fourth-order valence-corrected chi connectivity index (χ4v) is 4.17. The normalized spacial score (nSPS) is 22.6. The van der Waals surface area contributed by atoms with Gasteiger partial charge in [0, 0.05) is 32.7 Å². The van der Waals surface area contributed by atoms with Crippen LogP contribution in [0, 0.1) is 0 Å². The van der Waals surface area contributed by atoms with Crippen LogP contribution in [0.3, 0.4) is 0 Å². The maximum Gasteiger partial charge on any atom is 0.233 e. The van der Waals surface area contributed by atoms with Crippen LogP contribution in [0.25, 0.3) is 0 Å². The largest absolute Gasteiger partial charge is 0.378 e. The zero-order valence-electron chi connectivity index (χ0n) is 16.6. The summed E-state index contributed by atoms with van der Waals surface area (Å²) in [7, 11) is 2.06. The van der Waals surface area contributed by atoms with E-state index in [4.69, 9.17) is 9.72 Å². The number of carbonyl (C=O) groups is 1. The van der Waals surface area contributed by atoms with Gasteiger partial charge in [-0.05, 0) is 31.2 Å². The lowest BCUT2D eigenvalue weighted by Gasteiger charge is -2.39. The number of aromatic nitrogens is 1. The lowest BCUT2D eigenvalue weighted by molar-refractivity contribution is -0.127. The molecule has 1 amide bonds. The van der Waals surface area contributed by atoms with Crippen LogP contribution in [0.15, 0.2) is 42.5 Å². The molecule has 1 fully saturated rings. The monoisotopic (exact) mass is 380 g/mol. The van der Waals surface area contributed by atoms with Crippen molar-refractivity contribution in [2.45, 2.75) is 25.4 Å². The van der Waals surface area contributed by atoms with E-state index in [9.17, 15) is 4.79 Å². The fraction of sp³-hybridized carbons (Fsp3) is 0.455. The van der Waals surface area contributed by atoms with E-state index in [1.165, 1.54) is 0 Å². The molecule has 6 heteroatoms. The molecule has 2 aliphatic rings. The van der Waals surface area contributed by atoms with Crippen molar-refractivity contribution in [3.05, 3.63) is 59.3 Å². The Morgan fingerprint density at radius 3 is 2.68 bits per heavy atom. The third-order valence-corrected chi connectivity index (χ3v) is 5.65. The summed E-state index contributed by atoms with van der Waals surface area (Å²) in [5.74, 6) is 0.962. The van der Waals surface area contributed by atoms with Crippen molar-refractivity contribution in [3.8, 4) is 0 Å². The molecule has 2 aromatic rings. The molecular weight excluding hydrogens is 352 g/mol. The highest BCUT2D eigenvalue weighted by atomic mass is 16.5. The molecule has 3 heterocycles. The minimum atomic E-state index is -0.681. The van der Waals surface area contributed by atoms with Gasteiger partial charge in [0.15, 0.2) is 0 Å². The van der Waals surface area contributed by atoms with E-state index in [-0.39, 0.29) is 5.91 Å². The Kier molecular flexibility index (Phi) is 5.33. The average Bonchev–Trinajstić information content (AvgIpc) is 2.73. The van der Waals surface area contributed by atoms with Crippen molar-refractivity contribution in [1.29, 1.82) is 0 Å². The number of pyridine rings is 1. The van der Waals surface area contributed by atoms with Crippen LogP contribution in [0.1, 0.15) is 23.7 Å². The summed E-state index contributed by atoms with van der Waals surface area (Å²) < 4.78 is 5.46. The smallest absolute Gasteiger partial charge is 0.233 e. The van der Waals surface area contributed by atoms with Crippen LogP contribution in [-0.4, -0.2) is 55.7 Å². The molecule has 0 spiro atoms. The Balaban J connectivity index is 1.60. The molecule has 0 aliphatic carbocycles. The number of rotatable bonds is 4. The predicted octanol–water partition coefficient (Wildman–Crippen LogP) is 1.94. The number of benzene rings is 1. The standard InChI is InChI=1S/C22H28N4O2/c1-22(21(27)23-14-17-6-4-3-5-7-17)16-25(2)15-18-8-9-19(24-20(18)22)26-10-12-28-13-11-26/h3-9H,10-16H2,1-2H3,(H,23,27). The third-order valence-electron chi connectivity index (χ3n) is 5.65. The van der Waals surface area contributed by atoms with Gasteiger partial charge in [-0.3, -0.25) is 4.79 Å². The third kappa shape index (κ3) is 3.75. The van der Waals surface area contributed by atoms with Crippen LogP contribution in [0.5, 0.6) is 0 Å². The highest BCUT2D eigenvalue weighted by Gasteiger charge is 2.42. The molecule has 1 aromatic heterocycles.